The zero-order valence-corrected chi connectivity index (χ0v) is 13.6. The number of aromatic nitrogens is 2. The molecule has 0 saturated heterocycles. The van der Waals surface area contributed by atoms with Gasteiger partial charge >= 0.3 is 0 Å². The number of aliphatic hydroxyl groups excluding tert-OH is 1. The van der Waals surface area contributed by atoms with Crippen LogP contribution in [-0.2, 0) is 13.0 Å². The molecule has 1 atom stereocenters. The molecule has 1 rings (SSSR count). The number of rotatable bonds is 11. The van der Waals surface area contributed by atoms with Crippen LogP contribution in [0.4, 0.5) is 0 Å². The third-order valence-electron chi connectivity index (χ3n) is 3.95. The molecule has 0 bridgehead atoms. The lowest BCUT2D eigenvalue weighted by Gasteiger charge is -2.12. The highest BCUT2D eigenvalue weighted by atomic mass is 16.3. The number of aliphatic hydroxyl groups is 1. The smallest absolute Gasteiger partial charge is 0.0956 e. The van der Waals surface area contributed by atoms with E-state index < -0.39 is 0 Å². The van der Waals surface area contributed by atoms with E-state index in [9.17, 15) is 5.11 Å². The van der Waals surface area contributed by atoms with Gasteiger partial charge in [-0.3, -0.25) is 4.68 Å². The van der Waals surface area contributed by atoms with E-state index >= 15 is 0 Å². The summed E-state index contributed by atoms with van der Waals surface area (Å²) in [7, 11) is 0. The van der Waals surface area contributed by atoms with E-state index in [0.717, 1.165) is 37.2 Å². The van der Waals surface area contributed by atoms with Gasteiger partial charge < -0.3 is 5.11 Å². The van der Waals surface area contributed by atoms with Crippen LogP contribution in [0, 0.1) is 0 Å². The highest BCUT2D eigenvalue weighted by Crippen LogP contribution is 2.21. The lowest BCUT2D eigenvalue weighted by atomic mass is 10.0. The molecule has 1 N–H and O–H groups in total. The topological polar surface area (TPSA) is 38.1 Å². The van der Waals surface area contributed by atoms with Crippen LogP contribution in [0.1, 0.15) is 89.6 Å². The molecule has 0 aliphatic carbocycles. The molecule has 0 aliphatic heterocycles. The summed E-state index contributed by atoms with van der Waals surface area (Å²) in [5.74, 6) is 0. The summed E-state index contributed by atoms with van der Waals surface area (Å²) in [4.78, 5) is 0. The van der Waals surface area contributed by atoms with Crippen molar-refractivity contribution < 1.29 is 5.11 Å². The Morgan fingerprint density at radius 2 is 1.70 bits per heavy atom. The van der Waals surface area contributed by atoms with Crippen molar-refractivity contribution in [1.82, 2.24) is 9.78 Å². The lowest BCUT2D eigenvalue weighted by Crippen LogP contribution is -2.08. The van der Waals surface area contributed by atoms with Crippen LogP contribution < -0.4 is 0 Å². The van der Waals surface area contributed by atoms with Crippen molar-refractivity contribution in [3.05, 3.63) is 17.5 Å². The van der Waals surface area contributed by atoms with Crippen molar-refractivity contribution in [2.24, 2.45) is 0 Å². The van der Waals surface area contributed by atoms with Crippen molar-refractivity contribution in [3.8, 4) is 0 Å². The first kappa shape index (κ1) is 17.2. The Labute approximate surface area is 124 Å². The molecule has 0 aliphatic rings. The van der Waals surface area contributed by atoms with Gasteiger partial charge in [0.05, 0.1) is 17.5 Å². The molecule has 3 heteroatoms. The van der Waals surface area contributed by atoms with Gasteiger partial charge in [-0.15, -0.1) is 0 Å². The fraction of sp³-hybridized carbons (Fsp3) is 0.824. The van der Waals surface area contributed by atoms with E-state index in [-0.39, 0.29) is 6.10 Å². The average Bonchev–Trinajstić information content (AvgIpc) is 2.89. The van der Waals surface area contributed by atoms with Crippen LogP contribution in [0.25, 0.3) is 0 Å². The van der Waals surface area contributed by atoms with E-state index in [1.54, 1.807) is 0 Å². The third-order valence-corrected chi connectivity index (χ3v) is 3.95. The van der Waals surface area contributed by atoms with Gasteiger partial charge in [0, 0.05) is 6.54 Å². The number of nitrogens with zero attached hydrogens (tertiary/aromatic N) is 2. The first-order chi connectivity index (χ1) is 9.72. The van der Waals surface area contributed by atoms with Crippen LogP contribution >= 0.6 is 0 Å². The molecule has 0 saturated carbocycles. The summed E-state index contributed by atoms with van der Waals surface area (Å²) in [6, 6.07) is 2.06. The maximum atomic E-state index is 10.3. The highest BCUT2D eigenvalue weighted by molar-refractivity contribution is 5.13. The van der Waals surface area contributed by atoms with E-state index in [0.29, 0.717) is 0 Å². The average molecular weight is 280 g/mol. The zero-order valence-electron chi connectivity index (χ0n) is 13.6. The van der Waals surface area contributed by atoms with Crippen LogP contribution in [0.3, 0.4) is 0 Å². The Morgan fingerprint density at radius 1 is 1.05 bits per heavy atom. The van der Waals surface area contributed by atoms with Gasteiger partial charge in [-0.2, -0.15) is 5.10 Å². The van der Waals surface area contributed by atoms with Gasteiger partial charge in [-0.25, -0.2) is 0 Å². The quantitative estimate of drug-likeness (QED) is 0.600. The summed E-state index contributed by atoms with van der Waals surface area (Å²) in [6.45, 7) is 7.27. The van der Waals surface area contributed by atoms with Crippen molar-refractivity contribution >= 4 is 0 Å². The Kier molecular flexibility index (Phi) is 8.59. The Balaban J connectivity index is 2.28. The maximum Gasteiger partial charge on any atom is 0.0956 e. The predicted molar refractivity (Wildman–Crippen MR) is 84.8 cm³/mol. The Bertz CT molecular complexity index is 360. The molecule has 0 spiro atoms. The molecule has 0 fully saturated rings. The van der Waals surface area contributed by atoms with Gasteiger partial charge in [0.2, 0.25) is 0 Å². The summed E-state index contributed by atoms with van der Waals surface area (Å²) in [5, 5.41) is 14.8. The normalized spacial score (nSPS) is 12.8. The van der Waals surface area contributed by atoms with E-state index in [1.807, 2.05) is 4.68 Å². The molecule has 1 heterocycles. The summed E-state index contributed by atoms with van der Waals surface area (Å²) in [5.41, 5.74) is 2.08. The maximum absolute atomic E-state index is 10.3. The number of hydrogen-bond acceptors (Lipinski definition) is 2. The molecule has 0 radical (unpaired) electrons. The Hall–Kier alpha value is -0.830. The standard InChI is InChI=1S/C17H32N2O/c1-4-7-8-9-10-11-12-13-17(20)16-14-15(5-2)18-19(16)6-3/h14,17,20H,4-13H2,1-3H3. The lowest BCUT2D eigenvalue weighted by molar-refractivity contribution is 0.152. The summed E-state index contributed by atoms with van der Waals surface area (Å²) >= 11 is 0. The Morgan fingerprint density at radius 3 is 2.30 bits per heavy atom. The van der Waals surface area contributed by atoms with Crippen molar-refractivity contribution in [2.45, 2.75) is 91.2 Å². The molecule has 0 amide bonds. The van der Waals surface area contributed by atoms with Crippen molar-refractivity contribution in [1.29, 1.82) is 0 Å². The van der Waals surface area contributed by atoms with Gasteiger partial charge in [0.15, 0.2) is 0 Å². The fourth-order valence-electron chi connectivity index (χ4n) is 2.62. The summed E-state index contributed by atoms with van der Waals surface area (Å²) in [6.07, 6.45) is 10.5. The second-order valence-electron chi connectivity index (χ2n) is 5.66. The predicted octanol–water partition coefficient (Wildman–Crippen LogP) is 4.64. The van der Waals surface area contributed by atoms with Crippen molar-refractivity contribution in [3.63, 3.8) is 0 Å². The molecule has 20 heavy (non-hydrogen) atoms. The molecule has 0 aromatic carbocycles. The molecular formula is C17H32N2O. The molecular weight excluding hydrogens is 248 g/mol. The van der Waals surface area contributed by atoms with Crippen LogP contribution in [-0.4, -0.2) is 14.9 Å². The second kappa shape index (κ2) is 9.98. The van der Waals surface area contributed by atoms with Crippen molar-refractivity contribution in [2.75, 3.05) is 0 Å². The summed E-state index contributed by atoms with van der Waals surface area (Å²) < 4.78 is 1.95. The van der Waals surface area contributed by atoms with Gasteiger partial charge in [0.25, 0.3) is 0 Å². The molecule has 1 aromatic rings. The molecule has 3 nitrogen and oxygen atoms in total. The fourth-order valence-corrected chi connectivity index (χ4v) is 2.62. The van der Waals surface area contributed by atoms with Gasteiger partial charge in [0.1, 0.15) is 0 Å². The van der Waals surface area contributed by atoms with Crippen LogP contribution in [0.2, 0.25) is 0 Å². The number of hydrogen-bond donors (Lipinski definition) is 1. The number of unbranched alkanes of at least 4 members (excludes halogenated alkanes) is 6. The zero-order chi connectivity index (χ0) is 14.8. The largest absolute Gasteiger partial charge is 0.387 e. The first-order valence-electron chi connectivity index (χ1n) is 8.47. The molecule has 1 aromatic heterocycles. The van der Waals surface area contributed by atoms with Crippen LogP contribution in [0.5, 0.6) is 0 Å². The van der Waals surface area contributed by atoms with E-state index in [2.05, 4.69) is 31.9 Å². The highest BCUT2D eigenvalue weighted by Gasteiger charge is 2.14. The minimum absolute atomic E-state index is 0.349. The van der Waals surface area contributed by atoms with E-state index in [1.165, 1.54) is 38.5 Å². The van der Waals surface area contributed by atoms with E-state index in [4.69, 9.17) is 0 Å². The molecule has 1 unspecified atom stereocenters. The SMILES string of the molecule is CCCCCCCCCC(O)c1cc(CC)nn1CC. The van der Waals surface area contributed by atoms with Gasteiger partial charge in [-0.05, 0) is 25.8 Å². The minimum Gasteiger partial charge on any atom is -0.387 e. The minimum atomic E-state index is -0.349. The number of aryl methyl sites for hydroxylation is 2. The third kappa shape index (κ3) is 5.66. The first-order valence-corrected chi connectivity index (χ1v) is 8.47. The monoisotopic (exact) mass is 280 g/mol. The van der Waals surface area contributed by atoms with Crippen LogP contribution in [0.15, 0.2) is 6.07 Å². The molecule has 116 valence electrons. The second-order valence-corrected chi connectivity index (χ2v) is 5.66. The van der Waals surface area contributed by atoms with Gasteiger partial charge in [-0.1, -0.05) is 58.8 Å².